The van der Waals surface area contributed by atoms with E-state index >= 15 is 0 Å². The van der Waals surface area contributed by atoms with E-state index in [1.807, 2.05) is 43.3 Å². The average molecular weight is 258 g/mol. The highest BCUT2D eigenvalue weighted by Gasteiger charge is 2.12. The fraction of sp³-hybridized carbons (Fsp3) is 0.250. The lowest BCUT2D eigenvalue weighted by Gasteiger charge is -2.26. The topological polar surface area (TPSA) is 29.3 Å². The second-order valence-corrected chi connectivity index (χ2v) is 4.54. The van der Waals surface area contributed by atoms with E-state index < -0.39 is 0 Å². The number of nitrogens with zero attached hydrogens (tertiary/aromatic N) is 1. The summed E-state index contributed by atoms with van der Waals surface area (Å²) in [5.74, 6) is -0.218. The molecule has 0 aliphatic heterocycles. The molecule has 0 spiro atoms. The lowest BCUT2D eigenvalue weighted by molar-refractivity contribution is 0.623. The minimum Gasteiger partial charge on any atom is -0.370 e. The van der Waals surface area contributed by atoms with Gasteiger partial charge in [0.05, 0.1) is 0 Å². The van der Waals surface area contributed by atoms with E-state index in [1.54, 1.807) is 12.1 Å². The van der Waals surface area contributed by atoms with Gasteiger partial charge in [-0.05, 0) is 30.7 Å². The van der Waals surface area contributed by atoms with E-state index in [9.17, 15) is 4.39 Å². The molecule has 100 valence electrons. The SMILES string of the molecule is CCN(CC(N)c1ccccc1)c1cccc(F)c1. The Morgan fingerprint density at radius 3 is 2.47 bits per heavy atom. The van der Waals surface area contributed by atoms with Gasteiger partial charge in [0, 0.05) is 24.8 Å². The maximum absolute atomic E-state index is 13.3. The lowest BCUT2D eigenvalue weighted by atomic mass is 10.1. The van der Waals surface area contributed by atoms with Crippen molar-refractivity contribution in [2.45, 2.75) is 13.0 Å². The third kappa shape index (κ3) is 3.55. The second kappa shape index (κ2) is 6.34. The van der Waals surface area contributed by atoms with E-state index in [-0.39, 0.29) is 11.9 Å². The van der Waals surface area contributed by atoms with Gasteiger partial charge in [-0.25, -0.2) is 4.39 Å². The Kier molecular flexibility index (Phi) is 4.53. The highest BCUT2D eigenvalue weighted by molar-refractivity contribution is 5.46. The lowest BCUT2D eigenvalue weighted by Crippen LogP contribution is -2.32. The maximum atomic E-state index is 13.3. The first-order chi connectivity index (χ1) is 9.20. The van der Waals surface area contributed by atoms with Crippen LogP contribution < -0.4 is 10.6 Å². The average Bonchev–Trinajstić information content (AvgIpc) is 2.45. The molecule has 19 heavy (non-hydrogen) atoms. The maximum Gasteiger partial charge on any atom is 0.125 e. The van der Waals surface area contributed by atoms with E-state index in [1.165, 1.54) is 6.07 Å². The zero-order valence-electron chi connectivity index (χ0n) is 11.1. The van der Waals surface area contributed by atoms with Crippen molar-refractivity contribution >= 4 is 5.69 Å². The monoisotopic (exact) mass is 258 g/mol. The van der Waals surface area contributed by atoms with Crippen molar-refractivity contribution in [2.75, 3.05) is 18.0 Å². The normalized spacial score (nSPS) is 12.2. The number of halogens is 1. The van der Waals surface area contributed by atoms with Crippen LogP contribution in [-0.2, 0) is 0 Å². The quantitative estimate of drug-likeness (QED) is 0.891. The molecule has 0 amide bonds. The molecule has 0 aliphatic carbocycles. The van der Waals surface area contributed by atoms with E-state index in [2.05, 4.69) is 4.90 Å². The van der Waals surface area contributed by atoms with Crippen LogP contribution in [0.15, 0.2) is 54.6 Å². The van der Waals surface area contributed by atoms with Gasteiger partial charge in [-0.1, -0.05) is 36.4 Å². The van der Waals surface area contributed by atoms with Crippen molar-refractivity contribution < 1.29 is 4.39 Å². The Morgan fingerprint density at radius 2 is 1.84 bits per heavy atom. The molecule has 2 rings (SSSR count). The minimum atomic E-state index is -0.218. The number of anilines is 1. The van der Waals surface area contributed by atoms with Crippen molar-refractivity contribution in [3.63, 3.8) is 0 Å². The van der Waals surface area contributed by atoms with Gasteiger partial charge in [0.2, 0.25) is 0 Å². The minimum absolute atomic E-state index is 0.0792. The Morgan fingerprint density at radius 1 is 1.11 bits per heavy atom. The summed E-state index contributed by atoms with van der Waals surface area (Å²) in [5.41, 5.74) is 8.18. The first-order valence-corrected chi connectivity index (χ1v) is 6.51. The number of benzene rings is 2. The molecule has 1 atom stereocenters. The summed E-state index contributed by atoms with van der Waals surface area (Å²) < 4.78 is 13.3. The Balaban J connectivity index is 2.11. The van der Waals surface area contributed by atoms with Gasteiger partial charge in [-0.2, -0.15) is 0 Å². The molecule has 3 heteroatoms. The van der Waals surface area contributed by atoms with E-state index in [4.69, 9.17) is 5.73 Å². The first kappa shape index (κ1) is 13.6. The molecule has 2 aromatic carbocycles. The van der Waals surface area contributed by atoms with Crippen molar-refractivity contribution in [1.82, 2.24) is 0 Å². The molecule has 0 saturated heterocycles. The van der Waals surface area contributed by atoms with Crippen LogP contribution in [0.3, 0.4) is 0 Å². The Hall–Kier alpha value is -1.87. The summed E-state index contributed by atoms with van der Waals surface area (Å²) >= 11 is 0. The number of hydrogen-bond acceptors (Lipinski definition) is 2. The van der Waals surface area contributed by atoms with Gasteiger partial charge in [0.1, 0.15) is 5.82 Å². The molecule has 2 nitrogen and oxygen atoms in total. The Bertz CT molecular complexity index is 513. The molecule has 0 aliphatic rings. The number of likely N-dealkylation sites (N-methyl/N-ethyl adjacent to an activating group) is 1. The predicted octanol–water partition coefficient (Wildman–Crippen LogP) is 3.35. The molecule has 0 radical (unpaired) electrons. The van der Waals surface area contributed by atoms with Crippen molar-refractivity contribution in [1.29, 1.82) is 0 Å². The molecule has 2 aromatic rings. The number of nitrogens with two attached hydrogens (primary N) is 1. The largest absolute Gasteiger partial charge is 0.370 e. The highest BCUT2D eigenvalue weighted by Crippen LogP contribution is 2.19. The molecule has 1 unspecified atom stereocenters. The molecular weight excluding hydrogens is 239 g/mol. The molecule has 0 saturated carbocycles. The van der Waals surface area contributed by atoms with Crippen LogP contribution in [0.2, 0.25) is 0 Å². The molecule has 2 N–H and O–H groups in total. The number of rotatable bonds is 5. The van der Waals surface area contributed by atoms with Gasteiger partial charge in [-0.15, -0.1) is 0 Å². The third-order valence-corrected chi connectivity index (χ3v) is 3.20. The van der Waals surface area contributed by atoms with E-state index in [0.29, 0.717) is 6.54 Å². The van der Waals surface area contributed by atoms with Crippen LogP contribution in [0, 0.1) is 5.82 Å². The van der Waals surface area contributed by atoms with Gasteiger partial charge in [-0.3, -0.25) is 0 Å². The molecule has 0 fully saturated rings. The summed E-state index contributed by atoms with van der Waals surface area (Å²) in [5, 5.41) is 0. The second-order valence-electron chi connectivity index (χ2n) is 4.54. The van der Waals surface area contributed by atoms with Crippen molar-refractivity contribution in [2.24, 2.45) is 5.73 Å². The van der Waals surface area contributed by atoms with Gasteiger partial charge in [0.25, 0.3) is 0 Å². The Labute approximate surface area is 113 Å². The standard InChI is InChI=1S/C16H19FN2/c1-2-19(15-10-6-9-14(17)11-15)12-16(18)13-7-4-3-5-8-13/h3-11,16H,2,12,18H2,1H3. The fourth-order valence-corrected chi connectivity index (χ4v) is 2.13. The summed E-state index contributed by atoms with van der Waals surface area (Å²) in [6.45, 7) is 3.51. The zero-order valence-corrected chi connectivity index (χ0v) is 11.1. The third-order valence-electron chi connectivity index (χ3n) is 3.20. The van der Waals surface area contributed by atoms with E-state index in [0.717, 1.165) is 17.8 Å². The summed E-state index contributed by atoms with van der Waals surface area (Å²) in [7, 11) is 0. The summed E-state index contributed by atoms with van der Waals surface area (Å²) in [6.07, 6.45) is 0. The summed E-state index contributed by atoms with van der Waals surface area (Å²) in [4.78, 5) is 2.08. The summed E-state index contributed by atoms with van der Waals surface area (Å²) in [6, 6.07) is 16.5. The zero-order chi connectivity index (χ0) is 13.7. The van der Waals surface area contributed by atoms with Gasteiger partial charge in [0.15, 0.2) is 0 Å². The predicted molar refractivity (Wildman–Crippen MR) is 77.7 cm³/mol. The van der Waals surface area contributed by atoms with Crippen LogP contribution in [0.4, 0.5) is 10.1 Å². The molecule has 0 heterocycles. The van der Waals surface area contributed by atoms with Crippen LogP contribution in [0.25, 0.3) is 0 Å². The molecular formula is C16H19FN2. The first-order valence-electron chi connectivity index (χ1n) is 6.51. The van der Waals surface area contributed by atoms with Crippen LogP contribution in [-0.4, -0.2) is 13.1 Å². The van der Waals surface area contributed by atoms with Crippen LogP contribution in [0.5, 0.6) is 0 Å². The van der Waals surface area contributed by atoms with Crippen molar-refractivity contribution in [3.05, 3.63) is 66.0 Å². The molecule has 0 aromatic heterocycles. The van der Waals surface area contributed by atoms with Gasteiger partial charge >= 0.3 is 0 Å². The smallest absolute Gasteiger partial charge is 0.125 e. The highest BCUT2D eigenvalue weighted by atomic mass is 19.1. The molecule has 0 bridgehead atoms. The number of hydrogen-bond donors (Lipinski definition) is 1. The van der Waals surface area contributed by atoms with Crippen LogP contribution in [0.1, 0.15) is 18.5 Å². The van der Waals surface area contributed by atoms with Gasteiger partial charge < -0.3 is 10.6 Å². The van der Waals surface area contributed by atoms with Crippen molar-refractivity contribution in [3.8, 4) is 0 Å². The fourth-order valence-electron chi connectivity index (χ4n) is 2.13. The van der Waals surface area contributed by atoms with Crippen LogP contribution >= 0.6 is 0 Å².